The second-order valence-electron chi connectivity index (χ2n) is 10.1. The molecule has 1 fully saturated rings. The monoisotopic (exact) mass is 484 g/mol. The van der Waals surface area contributed by atoms with Gasteiger partial charge in [0.15, 0.2) is 17.3 Å². The lowest BCUT2D eigenvalue weighted by atomic mass is 9.84. The zero-order valence-electron chi connectivity index (χ0n) is 20.1. The van der Waals surface area contributed by atoms with Crippen LogP contribution in [0.4, 0.5) is 10.2 Å². The molecule has 0 saturated heterocycles. The highest BCUT2D eigenvalue weighted by molar-refractivity contribution is 6.09. The van der Waals surface area contributed by atoms with Crippen molar-refractivity contribution < 1.29 is 14.0 Å². The Labute approximate surface area is 207 Å². The van der Waals surface area contributed by atoms with E-state index in [1.54, 1.807) is 49.0 Å². The number of hydrogen-bond donors (Lipinski definition) is 1. The number of fused-ring (bicyclic) bond motifs is 2. The highest BCUT2D eigenvalue weighted by atomic mass is 19.1. The van der Waals surface area contributed by atoms with Crippen LogP contribution in [0.2, 0.25) is 0 Å². The molecule has 0 unspecified atom stereocenters. The average molecular weight is 485 g/mol. The van der Waals surface area contributed by atoms with Gasteiger partial charge in [0, 0.05) is 23.7 Å². The summed E-state index contributed by atoms with van der Waals surface area (Å²) in [6.07, 6.45) is 5.15. The molecule has 4 heterocycles. The van der Waals surface area contributed by atoms with Crippen LogP contribution >= 0.6 is 0 Å². The molecule has 0 bridgehead atoms. The second-order valence-corrected chi connectivity index (χ2v) is 10.1. The molecule has 1 N–H and O–H groups in total. The first-order valence-electron chi connectivity index (χ1n) is 12.2. The average Bonchev–Trinajstić information content (AvgIpc) is 3.58. The van der Waals surface area contributed by atoms with Gasteiger partial charge in [-0.3, -0.25) is 9.59 Å². The fraction of sp³-hybridized carbons (Fsp3) is 0.333. The molecule has 182 valence electrons. The molecule has 2 aliphatic rings. The van der Waals surface area contributed by atoms with Gasteiger partial charge in [0.1, 0.15) is 23.0 Å². The van der Waals surface area contributed by atoms with Crippen molar-refractivity contribution in [3.8, 4) is 11.5 Å². The van der Waals surface area contributed by atoms with E-state index in [4.69, 9.17) is 10.1 Å². The zero-order valence-corrected chi connectivity index (χ0v) is 20.1. The highest BCUT2D eigenvalue weighted by Gasteiger charge is 2.44. The Kier molecular flexibility index (Phi) is 5.17. The maximum Gasteiger partial charge on any atom is 0.235 e. The number of carbonyl (C=O) groups excluding carboxylic acids is 2. The van der Waals surface area contributed by atoms with E-state index in [0.29, 0.717) is 46.0 Å². The predicted octanol–water partition coefficient (Wildman–Crippen LogP) is 4.68. The van der Waals surface area contributed by atoms with Gasteiger partial charge in [-0.1, -0.05) is 31.0 Å². The summed E-state index contributed by atoms with van der Waals surface area (Å²) in [5.41, 5.74) is 1.31. The lowest BCUT2D eigenvalue weighted by Crippen LogP contribution is -2.28. The third-order valence-electron chi connectivity index (χ3n) is 7.07. The van der Waals surface area contributed by atoms with E-state index < -0.39 is 5.41 Å². The topological polar surface area (TPSA) is 103 Å². The minimum atomic E-state index is -0.924. The number of nitrogens with one attached hydrogen (secondary N) is 1. The Morgan fingerprint density at radius 1 is 1.17 bits per heavy atom. The SMILES string of the molecule is CC1(C)C(=O)Nc2nc(-c3nn(Cc4ccccc4F)c4ncccc34)nc(C(=O)CCC3CC3)c21. The van der Waals surface area contributed by atoms with E-state index in [0.717, 1.165) is 19.3 Å². The van der Waals surface area contributed by atoms with Crippen LogP contribution in [0.25, 0.3) is 22.6 Å². The Hall–Kier alpha value is -4.01. The Balaban J connectivity index is 1.49. The smallest absolute Gasteiger partial charge is 0.235 e. The van der Waals surface area contributed by atoms with Gasteiger partial charge in [0.25, 0.3) is 0 Å². The fourth-order valence-corrected chi connectivity index (χ4v) is 4.76. The Bertz CT molecular complexity index is 1540. The first kappa shape index (κ1) is 22.5. The van der Waals surface area contributed by atoms with Gasteiger partial charge in [0.05, 0.1) is 17.3 Å². The van der Waals surface area contributed by atoms with Crippen molar-refractivity contribution in [3.05, 3.63) is 65.2 Å². The molecule has 36 heavy (non-hydrogen) atoms. The minimum Gasteiger partial charge on any atom is -0.310 e. The van der Waals surface area contributed by atoms with Gasteiger partial charge < -0.3 is 5.32 Å². The molecule has 3 aromatic heterocycles. The normalized spacial score (nSPS) is 16.2. The molecule has 1 saturated carbocycles. The molecule has 1 aliphatic heterocycles. The molecule has 0 radical (unpaired) electrons. The summed E-state index contributed by atoms with van der Waals surface area (Å²) in [5.74, 6) is 0.509. The Morgan fingerprint density at radius 2 is 1.97 bits per heavy atom. The van der Waals surface area contributed by atoms with Gasteiger partial charge in [-0.15, -0.1) is 0 Å². The summed E-state index contributed by atoms with van der Waals surface area (Å²) in [5, 5.41) is 8.21. The van der Waals surface area contributed by atoms with Crippen LogP contribution in [0.15, 0.2) is 42.6 Å². The van der Waals surface area contributed by atoms with Crippen molar-refractivity contribution in [2.75, 3.05) is 5.32 Å². The van der Waals surface area contributed by atoms with Gasteiger partial charge in [-0.2, -0.15) is 5.10 Å². The lowest BCUT2D eigenvalue weighted by Gasteiger charge is -2.17. The third kappa shape index (κ3) is 3.75. The highest BCUT2D eigenvalue weighted by Crippen LogP contribution is 2.41. The number of benzene rings is 1. The molecule has 4 aromatic rings. The quantitative estimate of drug-likeness (QED) is 0.382. The van der Waals surface area contributed by atoms with Gasteiger partial charge in [-0.05, 0) is 44.4 Å². The number of ketones is 1. The Morgan fingerprint density at radius 3 is 2.75 bits per heavy atom. The number of nitrogens with zero attached hydrogens (tertiary/aromatic N) is 5. The summed E-state index contributed by atoms with van der Waals surface area (Å²) in [6, 6.07) is 10.1. The maximum absolute atomic E-state index is 14.4. The van der Waals surface area contributed by atoms with Gasteiger partial charge >= 0.3 is 0 Å². The van der Waals surface area contributed by atoms with Crippen LogP contribution < -0.4 is 5.32 Å². The van der Waals surface area contributed by atoms with Crippen LogP contribution in [0.5, 0.6) is 0 Å². The van der Waals surface area contributed by atoms with Crippen molar-refractivity contribution >= 4 is 28.5 Å². The molecule has 1 amide bonds. The number of pyridine rings is 1. The summed E-state index contributed by atoms with van der Waals surface area (Å²) < 4.78 is 16.0. The molecular weight excluding hydrogens is 459 g/mol. The number of amides is 1. The van der Waals surface area contributed by atoms with Crippen LogP contribution in [-0.4, -0.2) is 36.4 Å². The molecule has 0 atom stereocenters. The molecule has 6 rings (SSSR count). The van der Waals surface area contributed by atoms with Crippen molar-refractivity contribution in [1.29, 1.82) is 0 Å². The number of rotatable bonds is 7. The van der Waals surface area contributed by atoms with E-state index in [9.17, 15) is 14.0 Å². The van der Waals surface area contributed by atoms with Crippen molar-refractivity contribution in [3.63, 3.8) is 0 Å². The van der Waals surface area contributed by atoms with Crippen molar-refractivity contribution in [1.82, 2.24) is 24.7 Å². The van der Waals surface area contributed by atoms with E-state index in [2.05, 4.69) is 15.3 Å². The lowest BCUT2D eigenvalue weighted by molar-refractivity contribution is -0.119. The minimum absolute atomic E-state index is 0.0976. The van der Waals surface area contributed by atoms with Crippen LogP contribution in [0.3, 0.4) is 0 Å². The maximum atomic E-state index is 14.4. The van der Waals surface area contributed by atoms with E-state index >= 15 is 0 Å². The summed E-state index contributed by atoms with van der Waals surface area (Å²) in [6.45, 7) is 3.72. The van der Waals surface area contributed by atoms with E-state index in [-0.39, 0.29) is 35.6 Å². The number of hydrogen-bond acceptors (Lipinski definition) is 6. The van der Waals surface area contributed by atoms with Gasteiger partial charge in [0.2, 0.25) is 5.91 Å². The molecule has 1 aliphatic carbocycles. The predicted molar refractivity (Wildman–Crippen MR) is 132 cm³/mol. The van der Waals surface area contributed by atoms with Crippen molar-refractivity contribution in [2.24, 2.45) is 5.92 Å². The van der Waals surface area contributed by atoms with Gasteiger partial charge in [-0.25, -0.2) is 24.0 Å². The molecule has 8 nitrogen and oxygen atoms in total. The largest absolute Gasteiger partial charge is 0.310 e. The van der Waals surface area contributed by atoms with Crippen molar-refractivity contribution in [2.45, 2.75) is 51.5 Å². The summed E-state index contributed by atoms with van der Waals surface area (Å²) in [4.78, 5) is 39.9. The zero-order chi connectivity index (χ0) is 25.0. The first-order chi connectivity index (χ1) is 17.3. The fourth-order valence-electron chi connectivity index (χ4n) is 4.76. The standard InChI is InChI=1S/C27H25FN6O2/c1-27(2)20-22(19(35)12-11-15-9-10-15)30-24(31-23(20)32-26(27)36)21-17-7-5-13-29-25(17)34(33-21)14-16-6-3-4-8-18(16)28/h3-8,13,15H,9-12,14H2,1-2H3,(H,30,31,32,36). The van der Waals surface area contributed by atoms with Crippen LogP contribution in [-0.2, 0) is 16.8 Å². The number of aromatic nitrogens is 5. The van der Waals surface area contributed by atoms with E-state index in [1.165, 1.54) is 6.07 Å². The van der Waals surface area contributed by atoms with E-state index in [1.807, 2.05) is 6.07 Å². The third-order valence-corrected chi connectivity index (χ3v) is 7.07. The number of Topliss-reactive ketones (excluding diaryl/α,β-unsaturated/α-hetero) is 1. The molecule has 9 heteroatoms. The number of carbonyl (C=O) groups is 2. The summed E-state index contributed by atoms with van der Waals surface area (Å²) >= 11 is 0. The van der Waals surface area contributed by atoms with Crippen LogP contribution in [0.1, 0.15) is 61.1 Å². The second kappa shape index (κ2) is 8.29. The molecular formula is C27H25FN6O2. The number of anilines is 1. The van der Waals surface area contributed by atoms with Crippen LogP contribution in [0, 0.1) is 11.7 Å². The number of halogens is 1. The molecule has 1 aromatic carbocycles. The molecule has 0 spiro atoms. The first-order valence-corrected chi connectivity index (χ1v) is 12.2. The summed E-state index contributed by atoms with van der Waals surface area (Å²) in [7, 11) is 0.